The van der Waals surface area contributed by atoms with Crippen molar-refractivity contribution in [3.8, 4) is 0 Å². The molecule has 0 bridgehead atoms. The molecule has 2 N–H and O–H groups in total. The minimum absolute atomic E-state index is 0. The summed E-state index contributed by atoms with van der Waals surface area (Å²) in [4.78, 5) is 8.77. The maximum atomic E-state index is 5.92. The van der Waals surface area contributed by atoms with Crippen molar-refractivity contribution in [2.24, 2.45) is 4.99 Å². The van der Waals surface area contributed by atoms with E-state index in [0.717, 1.165) is 31.3 Å². The highest BCUT2D eigenvalue weighted by atomic mass is 127. The zero-order chi connectivity index (χ0) is 21.0. The summed E-state index contributed by atoms with van der Waals surface area (Å²) in [6.07, 6.45) is 4.85. The second kappa shape index (κ2) is 13.8. The van der Waals surface area contributed by atoms with Crippen LogP contribution in [0, 0.1) is 0 Å². The number of halogens is 1. The van der Waals surface area contributed by atoms with E-state index in [9.17, 15) is 0 Å². The summed E-state index contributed by atoms with van der Waals surface area (Å²) in [5.74, 6) is 1.74. The minimum atomic E-state index is 0. The van der Waals surface area contributed by atoms with Gasteiger partial charge in [-0.1, -0.05) is 60.7 Å². The first-order valence-corrected chi connectivity index (χ1v) is 10.4. The molecule has 0 amide bonds. The van der Waals surface area contributed by atoms with E-state index in [2.05, 4.69) is 68.5 Å². The van der Waals surface area contributed by atoms with Crippen LogP contribution in [0.1, 0.15) is 36.4 Å². The molecule has 3 aromatic rings. The molecule has 0 aliphatic heterocycles. The standard InChI is InChI=1S/C24H31N5O.HI/c1-20(22-12-7-4-8-13-22)30-17-9-14-27-24(25-2)28-18-23-26-15-16-29(23)19-21-10-5-3-6-11-21;/h3-8,10-13,15-16,20H,9,14,17-19H2,1-2H3,(H2,25,27,28);1H. The Morgan fingerprint density at radius 3 is 2.48 bits per heavy atom. The zero-order valence-corrected chi connectivity index (χ0v) is 20.5. The number of hydrogen-bond acceptors (Lipinski definition) is 3. The van der Waals surface area contributed by atoms with E-state index < -0.39 is 0 Å². The van der Waals surface area contributed by atoms with Gasteiger partial charge in [0, 0.05) is 39.1 Å². The van der Waals surface area contributed by atoms with Crippen LogP contribution in [-0.4, -0.2) is 35.7 Å². The predicted octanol–water partition coefficient (Wildman–Crippen LogP) is 4.38. The summed E-state index contributed by atoms with van der Waals surface area (Å²) < 4.78 is 8.07. The average Bonchev–Trinajstić information content (AvgIpc) is 3.23. The predicted molar refractivity (Wildman–Crippen MR) is 137 cm³/mol. The van der Waals surface area contributed by atoms with E-state index in [4.69, 9.17) is 4.74 Å². The molecule has 0 saturated carbocycles. The quantitative estimate of drug-likeness (QED) is 0.176. The maximum Gasteiger partial charge on any atom is 0.191 e. The van der Waals surface area contributed by atoms with Crippen LogP contribution < -0.4 is 10.6 Å². The van der Waals surface area contributed by atoms with E-state index in [1.807, 2.05) is 36.7 Å². The average molecular weight is 533 g/mol. The van der Waals surface area contributed by atoms with E-state index in [1.54, 1.807) is 7.05 Å². The van der Waals surface area contributed by atoms with Gasteiger partial charge in [0.1, 0.15) is 5.82 Å². The minimum Gasteiger partial charge on any atom is -0.374 e. The van der Waals surface area contributed by atoms with Crippen LogP contribution in [0.3, 0.4) is 0 Å². The largest absolute Gasteiger partial charge is 0.374 e. The maximum absolute atomic E-state index is 5.92. The van der Waals surface area contributed by atoms with Gasteiger partial charge < -0.3 is 19.9 Å². The fourth-order valence-electron chi connectivity index (χ4n) is 3.17. The first kappa shape index (κ1) is 24.9. The molecular formula is C24H32IN5O. The molecule has 1 aromatic heterocycles. The van der Waals surface area contributed by atoms with Gasteiger partial charge in [0.25, 0.3) is 0 Å². The Morgan fingerprint density at radius 1 is 1.06 bits per heavy atom. The molecular weight excluding hydrogens is 501 g/mol. The fourth-order valence-corrected chi connectivity index (χ4v) is 3.17. The molecule has 1 atom stereocenters. The van der Waals surface area contributed by atoms with Gasteiger partial charge in [-0.2, -0.15) is 0 Å². The van der Waals surface area contributed by atoms with Crippen LogP contribution in [0.15, 0.2) is 78.0 Å². The first-order valence-electron chi connectivity index (χ1n) is 10.4. The van der Waals surface area contributed by atoms with Crippen molar-refractivity contribution in [2.45, 2.75) is 32.5 Å². The molecule has 1 unspecified atom stereocenters. The van der Waals surface area contributed by atoms with Crippen molar-refractivity contribution in [3.63, 3.8) is 0 Å². The van der Waals surface area contributed by atoms with Crippen molar-refractivity contribution in [3.05, 3.63) is 90.0 Å². The Bertz CT molecular complexity index is 899. The number of nitrogens with zero attached hydrogens (tertiary/aromatic N) is 3. The highest BCUT2D eigenvalue weighted by Gasteiger charge is 2.06. The molecule has 0 fully saturated rings. The molecule has 0 aliphatic rings. The molecule has 1 heterocycles. The lowest BCUT2D eigenvalue weighted by molar-refractivity contribution is 0.0646. The van der Waals surface area contributed by atoms with Crippen LogP contribution >= 0.6 is 24.0 Å². The number of imidazole rings is 1. The van der Waals surface area contributed by atoms with Crippen LogP contribution in [0.2, 0.25) is 0 Å². The number of benzene rings is 2. The summed E-state index contributed by atoms with van der Waals surface area (Å²) in [6, 6.07) is 20.7. The van der Waals surface area contributed by atoms with Gasteiger partial charge in [0.2, 0.25) is 0 Å². The molecule has 31 heavy (non-hydrogen) atoms. The number of aliphatic imine (C=N–C) groups is 1. The number of nitrogens with one attached hydrogen (secondary N) is 2. The third kappa shape index (κ3) is 8.34. The highest BCUT2D eigenvalue weighted by Crippen LogP contribution is 2.15. The number of rotatable bonds is 10. The van der Waals surface area contributed by atoms with Crippen molar-refractivity contribution >= 4 is 29.9 Å². The van der Waals surface area contributed by atoms with E-state index >= 15 is 0 Å². The Morgan fingerprint density at radius 2 is 1.77 bits per heavy atom. The SMILES string of the molecule is CN=C(NCCCOC(C)c1ccccc1)NCc1nccn1Cc1ccccc1.I. The van der Waals surface area contributed by atoms with E-state index in [1.165, 1.54) is 11.1 Å². The first-order chi connectivity index (χ1) is 14.8. The van der Waals surface area contributed by atoms with Crippen LogP contribution in [0.5, 0.6) is 0 Å². The molecule has 0 radical (unpaired) electrons. The smallest absolute Gasteiger partial charge is 0.191 e. The number of hydrogen-bond donors (Lipinski definition) is 2. The van der Waals surface area contributed by atoms with Gasteiger partial charge in [-0.05, 0) is 24.5 Å². The Labute approximate surface area is 202 Å². The molecule has 2 aromatic carbocycles. The van der Waals surface area contributed by atoms with Crippen molar-refractivity contribution in [2.75, 3.05) is 20.2 Å². The Kier molecular flexibility index (Phi) is 11.1. The molecule has 3 rings (SSSR count). The number of guanidine groups is 1. The molecule has 0 aliphatic carbocycles. The second-order valence-corrected chi connectivity index (χ2v) is 7.09. The number of aromatic nitrogens is 2. The van der Waals surface area contributed by atoms with E-state index in [-0.39, 0.29) is 30.1 Å². The van der Waals surface area contributed by atoms with Crippen LogP contribution in [0.4, 0.5) is 0 Å². The molecule has 166 valence electrons. The van der Waals surface area contributed by atoms with Crippen molar-refractivity contribution in [1.29, 1.82) is 0 Å². The lowest BCUT2D eigenvalue weighted by Gasteiger charge is -2.15. The van der Waals surface area contributed by atoms with Gasteiger partial charge in [0.05, 0.1) is 12.6 Å². The van der Waals surface area contributed by atoms with Gasteiger partial charge in [-0.15, -0.1) is 24.0 Å². The lowest BCUT2D eigenvalue weighted by atomic mass is 10.1. The summed E-state index contributed by atoms with van der Waals surface area (Å²) >= 11 is 0. The fraction of sp³-hybridized carbons (Fsp3) is 0.333. The van der Waals surface area contributed by atoms with E-state index in [0.29, 0.717) is 13.2 Å². The van der Waals surface area contributed by atoms with Gasteiger partial charge in [-0.3, -0.25) is 4.99 Å². The topological polar surface area (TPSA) is 63.5 Å². The Balaban J connectivity index is 0.00000341. The Hall–Kier alpha value is -2.39. The summed E-state index contributed by atoms with van der Waals surface area (Å²) in [6.45, 7) is 4.99. The van der Waals surface area contributed by atoms with Crippen LogP contribution in [0.25, 0.3) is 0 Å². The molecule has 0 spiro atoms. The van der Waals surface area contributed by atoms with Crippen molar-refractivity contribution < 1.29 is 4.74 Å². The zero-order valence-electron chi connectivity index (χ0n) is 18.2. The number of ether oxygens (including phenoxy) is 1. The third-order valence-electron chi connectivity index (χ3n) is 4.89. The summed E-state index contributed by atoms with van der Waals surface area (Å²) in [5, 5.41) is 6.67. The normalized spacial score (nSPS) is 12.1. The van der Waals surface area contributed by atoms with Gasteiger partial charge >= 0.3 is 0 Å². The summed E-state index contributed by atoms with van der Waals surface area (Å²) in [5.41, 5.74) is 2.46. The van der Waals surface area contributed by atoms with Gasteiger partial charge in [-0.25, -0.2) is 4.98 Å². The highest BCUT2D eigenvalue weighted by molar-refractivity contribution is 14.0. The lowest BCUT2D eigenvalue weighted by Crippen LogP contribution is -2.38. The molecule has 6 nitrogen and oxygen atoms in total. The third-order valence-corrected chi connectivity index (χ3v) is 4.89. The van der Waals surface area contributed by atoms with Gasteiger partial charge in [0.15, 0.2) is 5.96 Å². The van der Waals surface area contributed by atoms with Crippen molar-refractivity contribution in [1.82, 2.24) is 20.2 Å². The van der Waals surface area contributed by atoms with Crippen LogP contribution in [-0.2, 0) is 17.8 Å². The molecule has 0 saturated heterocycles. The second-order valence-electron chi connectivity index (χ2n) is 7.09. The molecule has 7 heteroatoms. The monoisotopic (exact) mass is 533 g/mol. The summed E-state index contributed by atoms with van der Waals surface area (Å²) in [7, 11) is 1.78.